The third kappa shape index (κ3) is 2.45. The number of hydrogen-bond acceptors (Lipinski definition) is 4. The largest absolute Gasteiger partial charge is 0.507 e. The number of phenols is 1. The van der Waals surface area contributed by atoms with Crippen LogP contribution in [0.1, 0.15) is 28.8 Å². The number of likely N-dealkylation sites (tertiary alicyclic amines) is 1. The van der Waals surface area contributed by atoms with E-state index in [9.17, 15) is 9.90 Å². The van der Waals surface area contributed by atoms with Crippen molar-refractivity contribution < 1.29 is 15.1 Å². The van der Waals surface area contributed by atoms with Crippen LogP contribution in [0.5, 0.6) is 5.75 Å². The lowest BCUT2D eigenvalue weighted by Gasteiger charge is -2.27. The van der Waals surface area contributed by atoms with Crippen LogP contribution in [0.25, 0.3) is 0 Å². The van der Waals surface area contributed by atoms with E-state index in [1.807, 2.05) is 6.92 Å². The van der Waals surface area contributed by atoms with Gasteiger partial charge >= 0.3 is 0 Å². The minimum absolute atomic E-state index is 0.0154. The van der Waals surface area contributed by atoms with Gasteiger partial charge in [0.25, 0.3) is 5.91 Å². The summed E-state index contributed by atoms with van der Waals surface area (Å²) in [5, 5.41) is 21.6. The number of hydrogen-bond donors (Lipinski definition) is 2. The van der Waals surface area contributed by atoms with E-state index in [4.69, 9.17) is 5.21 Å². The lowest BCUT2D eigenvalue weighted by Crippen LogP contribution is -2.38. The number of rotatable bonds is 1. The molecule has 1 fully saturated rings. The van der Waals surface area contributed by atoms with Crippen molar-refractivity contribution in [1.82, 2.24) is 4.90 Å². The molecular formula is C13H16N2O3. The van der Waals surface area contributed by atoms with Crippen LogP contribution in [0.15, 0.2) is 23.4 Å². The fourth-order valence-corrected chi connectivity index (χ4v) is 2.06. The van der Waals surface area contributed by atoms with Gasteiger partial charge in [-0.05, 0) is 24.6 Å². The number of aryl methyl sites for hydroxylation is 1. The number of amides is 1. The highest BCUT2D eigenvalue weighted by molar-refractivity contribution is 5.98. The Morgan fingerprint density at radius 3 is 2.56 bits per heavy atom. The van der Waals surface area contributed by atoms with Crippen LogP contribution in [-0.2, 0) is 0 Å². The minimum Gasteiger partial charge on any atom is -0.507 e. The van der Waals surface area contributed by atoms with E-state index >= 15 is 0 Å². The van der Waals surface area contributed by atoms with Crippen LogP contribution < -0.4 is 0 Å². The highest BCUT2D eigenvalue weighted by Crippen LogP contribution is 2.21. The van der Waals surface area contributed by atoms with Gasteiger partial charge in [-0.1, -0.05) is 11.2 Å². The van der Waals surface area contributed by atoms with Gasteiger partial charge in [-0.3, -0.25) is 4.79 Å². The Morgan fingerprint density at radius 2 is 2.00 bits per heavy atom. The molecule has 1 saturated heterocycles. The molecule has 1 aliphatic rings. The Morgan fingerprint density at radius 1 is 1.33 bits per heavy atom. The van der Waals surface area contributed by atoms with E-state index in [-0.39, 0.29) is 11.7 Å². The molecule has 2 N–H and O–H groups in total. The topological polar surface area (TPSA) is 73.1 Å². The van der Waals surface area contributed by atoms with Gasteiger partial charge in [0.05, 0.1) is 11.3 Å². The lowest BCUT2D eigenvalue weighted by molar-refractivity contribution is 0.0750. The Bertz CT molecular complexity index is 487. The highest BCUT2D eigenvalue weighted by Gasteiger charge is 2.23. The predicted octanol–water partition coefficient (Wildman–Crippen LogP) is 1.77. The third-order valence-electron chi connectivity index (χ3n) is 3.15. The Kier molecular flexibility index (Phi) is 3.50. The van der Waals surface area contributed by atoms with Crippen LogP contribution in [0.4, 0.5) is 0 Å². The van der Waals surface area contributed by atoms with Crippen molar-refractivity contribution in [2.45, 2.75) is 19.8 Å². The number of carbonyl (C=O) groups excluding carboxylic acids is 1. The molecule has 0 atom stereocenters. The maximum atomic E-state index is 12.2. The normalized spacial score (nSPS) is 15.6. The zero-order chi connectivity index (χ0) is 13.1. The van der Waals surface area contributed by atoms with E-state index < -0.39 is 0 Å². The molecule has 1 aliphatic heterocycles. The fraction of sp³-hybridized carbons (Fsp3) is 0.385. The summed E-state index contributed by atoms with van der Waals surface area (Å²) < 4.78 is 0. The zero-order valence-electron chi connectivity index (χ0n) is 10.3. The van der Waals surface area contributed by atoms with Gasteiger partial charge in [0.1, 0.15) is 5.75 Å². The average Bonchev–Trinajstić information content (AvgIpc) is 2.38. The van der Waals surface area contributed by atoms with Gasteiger partial charge in [-0.2, -0.15) is 0 Å². The summed E-state index contributed by atoms with van der Waals surface area (Å²) in [4.78, 5) is 13.9. The summed E-state index contributed by atoms with van der Waals surface area (Å²) in [5.74, 6) is -0.161. The van der Waals surface area contributed by atoms with Crippen molar-refractivity contribution in [3.05, 3.63) is 29.3 Å². The molecule has 0 radical (unpaired) electrons. The second-order valence-electron chi connectivity index (χ2n) is 4.48. The van der Waals surface area contributed by atoms with Crippen molar-refractivity contribution in [2.75, 3.05) is 13.1 Å². The van der Waals surface area contributed by atoms with E-state index in [2.05, 4.69) is 5.16 Å². The van der Waals surface area contributed by atoms with Crippen LogP contribution >= 0.6 is 0 Å². The maximum Gasteiger partial charge on any atom is 0.257 e. The molecule has 0 unspecified atom stereocenters. The predicted molar refractivity (Wildman–Crippen MR) is 67.2 cm³/mol. The smallest absolute Gasteiger partial charge is 0.257 e. The zero-order valence-corrected chi connectivity index (χ0v) is 10.3. The molecule has 1 amide bonds. The van der Waals surface area contributed by atoms with Crippen molar-refractivity contribution in [3.8, 4) is 5.75 Å². The molecule has 1 heterocycles. The second kappa shape index (κ2) is 5.08. The molecule has 1 aromatic rings. The number of nitrogens with zero attached hydrogens (tertiary/aromatic N) is 2. The molecule has 5 heteroatoms. The standard InChI is InChI=1S/C13H16N2O3/c1-9-2-3-11(12(16)8-9)13(17)15-6-4-10(14-18)5-7-15/h2-3,8,16,18H,4-7H2,1H3. The molecule has 0 aliphatic carbocycles. The summed E-state index contributed by atoms with van der Waals surface area (Å²) in [7, 11) is 0. The van der Waals surface area contributed by atoms with Gasteiger partial charge in [-0.25, -0.2) is 0 Å². The van der Waals surface area contributed by atoms with Gasteiger partial charge in [0.15, 0.2) is 0 Å². The van der Waals surface area contributed by atoms with Crippen LogP contribution in [0.3, 0.4) is 0 Å². The number of oxime groups is 1. The van der Waals surface area contributed by atoms with E-state index in [0.29, 0.717) is 37.2 Å². The number of benzene rings is 1. The first-order valence-corrected chi connectivity index (χ1v) is 5.90. The van der Waals surface area contributed by atoms with Crippen molar-refractivity contribution in [1.29, 1.82) is 0 Å². The summed E-state index contributed by atoms with van der Waals surface area (Å²) in [6.07, 6.45) is 1.16. The van der Waals surface area contributed by atoms with Crippen molar-refractivity contribution in [3.63, 3.8) is 0 Å². The van der Waals surface area contributed by atoms with E-state index in [0.717, 1.165) is 5.56 Å². The summed E-state index contributed by atoms with van der Waals surface area (Å²) in [6.45, 7) is 2.90. The molecule has 0 saturated carbocycles. The molecule has 18 heavy (non-hydrogen) atoms. The van der Waals surface area contributed by atoms with Crippen molar-refractivity contribution in [2.24, 2.45) is 5.16 Å². The number of aromatic hydroxyl groups is 1. The first-order valence-electron chi connectivity index (χ1n) is 5.90. The third-order valence-corrected chi connectivity index (χ3v) is 3.15. The Labute approximate surface area is 105 Å². The molecular weight excluding hydrogens is 232 g/mol. The first kappa shape index (κ1) is 12.4. The number of piperidine rings is 1. The quantitative estimate of drug-likeness (QED) is 0.587. The van der Waals surface area contributed by atoms with Crippen molar-refractivity contribution >= 4 is 11.6 Å². The lowest BCUT2D eigenvalue weighted by atomic mass is 10.1. The molecule has 0 spiro atoms. The minimum atomic E-state index is -0.176. The molecule has 96 valence electrons. The Balaban J connectivity index is 2.12. The molecule has 2 rings (SSSR count). The summed E-state index contributed by atoms with van der Waals surface area (Å²) in [6, 6.07) is 5.03. The fourth-order valence-electron chi connectivity index (χ4n) is 2.06. The molecule has 0 bridgehead atoms. The molecule has 0 aromatic heterocycles. The van der Waals surface area contributed by atoms with Gasteiger partial charge in [0.2, 0.25) is 0 Å². The van der Waals surface area contributed by atoms with Gasteiger partial charge in [-0.15, -0.1) is 0 Å². The average molecular weight is 248 g/mol. The summed E-state index contributed by atoms with van der Waals surface area (Å²) in [5.41, 5.74) is 1.95. The maximum absolute atomic E-state index is 12.2. The van der Waals surface area contributed by atoms with E-state index in [1.54, 1.807) is 23.1 Å². The van der Waals surface area contributed by atoms with Crippen LogP contribution in [0.2, 0.25) is 0 Å². The monoisotopic (exact) mass is 248 g/mol. The molecule has 5 nitrogen and oxygen atoms in total. The van der Waals surface area contributed by atoms with Gasteiger partial charge < -0.3 is 15.2 Å². The SMILES string of the molecule is Cc1ccc(C(=O)N2CCC(=NO)CC2)c(O)c1. The second-order valence-corrected chi connectivity index (χ2v) is 4.48. The van der Waals surface area contributed by atoms with Crippen LogP contribution in [0, 0.1) is 6.92 Å². The first-order chi connectivity index (χ1) is 8.61. The number of carbonyl (C=O) groups is 1. The van der Waals surface area contributed by atoms with Gasteiger partial charge in [0, 0.05) is 25.9 Å². The summed E-state index contributed by atoms with van der Waals surface area (Å²) >= 11 is 0. The van der Waals surface area contributed by atoms with Crippen LogP contribution in [-0.4, -0.2) is 39.9 Å². The van der Waals surface area contributed by atoms with E-state index in [1.165, 1.54) is 0 Å². The highest BCUT2D eigenvalue weighted by atomic mass is 16.4. The molecule has 1 aromatic carbocycles. The number of phenolic OH excluding ortho intramolecular Hbond substituents is 1. The Hall–Kier alpha value is -2.04.